The monoisotopic (exact) mass is 299 g/mol. The van der Waals surface area contributed by atoms with Gasteiger partial charge in [-0.05, 0) is 69.0 Å². The Kier molecular flexibility index (Phi) is 3.48. The molecule has 2 nitrogen and oxygen atoms in total. The zero-order chi connectivity index (χ0) is 15.2. The minimum atomic E-state index is 0.371. The van der Waals surface area contributed by atoms with E-state index in [9.17, 15) is 0 Å². The molecule has 1 aliphatic heterocycles. The zero-order valence-electron chi connectivity index (χ0n) is 14.1. The third kappa shape index (κ3) is 1.76. The number of ether oxygens (including phenoxy) is 1. The van der Waals surface area contributed by atoms with Crippen molar-refractivity contribution in [3.8, 4) is 5.75 Å². The molecular formula is C20H29NO. The van der Waals surface area contributed by atoms with Crippen LogP contribution in [0.3, 0.4) is 0 Å². The summed E-state index contributed by atoms with van der Waals surface area (Å²) >= 11 is 0. The van der Waals surface area contributed by atoms with Crippen molar-refractivity contribution in [3.05, 3.63) is 29.3 Å². The van der Waals surface area contributed by atoms with E-state index >= 15 is 0 Å². The molecule has 2 aliphatic carbocycles. The standard InChI is InChI=1S/C20H29NO/c1-3-14-22-17-7-4-6-16-8-11-19-9-5-10-20(19,18(16)17)12-13-21-15(19)2/h4,6-7,15,21H,3,5,8-14H2,1-2H3. The quantitative estimate of drug-likeness (QED) is 0.902. The molecule has 1 aromatic rings. The first-order valence-electron chi connectivity index (χ1n) is 9.22. The van der Waals surface area contributed by atoms with Gasteiger partial charge in [-0.15, -0.1) is 0 Å². The van der Waals surface area contributed by atoms with E-state index in [4.69, 9.17) is 4.74 Å². The van der Waals surface area contributed by atoms with Gasteiger partial charge in [0.15, 0.2) is 0 Å². The van der Waals surface area contributed by atoms with Gasteiger partial charge in [-0.1, -0.05) is 25.5 Å². The lowest BCUT2D eigenvalue weighted by atomic mass is 9.50. The lowest BCUT2D eigenvalue weighted by Gasteiger charge is -2.57. The maximum absolute atomic E-state index is 6.22. The molecule has 1 aromatic carbocycles. The van der Waals surface area contributed by atoms with Crippen molar-refractivity contribution in [2.75, 3.05) is 13.2 Å². The van der Waals surface area contributed by atoms with Gasteiger partial charge >= 0.3 is 0 Å². The molecule has 1 saturated heterocycles. The molecular weight excluding hydrogens is 270 g/mol. The highest BCUT2D eigenvalue weighted by Gasteiger charge is 2.62. The second kappa shape index (κ2) is 5.26. The highest BCUT2D eigenvalue weighted by Crippen LogP contribution is 2.65. The van der Waals surface area contributed by atoms with E-state index in [0.717, 1.165) is 19.6 Å². The average Bonchev–Trinajstić information content (AvgIpc) is 2.94. The van der Waals surface area contributed by atoms with Gasteiger partial charge < -0.3 is 10.1 Å². The maximum Gasteiger partial charge on any atom is 0.123 e. The van der Waals surface area contributed by atoms with Gasteiger partial charge in [0.25, 0.3) is 0 Å². The predicted octanol–water partition coefficient (Wildman–Crippen LogP) is 4.21. The summed E-state index contributed by atoms with van der Waals surface area (Å²) in [5.41, 5.74) is 4.00. The predicted molar refractivity (Wildman–Crippen MR) is 90.6 cm³/mol. The fourth-order valence-corrected chi connectivity index (χ4v) is 5.99. The fraction of sp³-hybridized carbons (Fsp3) is 0.700. The van der Waals surface area contributed by atoms with Crippen molar-refractivity contribution >= 4 is 0 Å². The van der Waals surface area contributed by atoms with Crippen LogP contribution >= 0.6 is 0 Å². The molecule has 1 N–H and O–H groups in total. The molecule has 0 bridgehead atoms. The second-order valence-corrected chi connectivity index (χ2v) is 7.66. The van der Waals surface area contributed by atoms with Gasteiger partial charge in [-0.3, -0.25) is 0 Å². The summed E-state index contributed by atoms with van der Waals surface area (Å²) in [6.45, 7) is 6.62. The average molecular weight is 299 g/mol. The normalized spacial score (nSPS) is 36.4. The molecule has 1 saturated carbocycles. The fourth-order valence-electron chi connectivity index (χ4n) is 5.99. The van der Waals surface area contributed by atoms with Crippen molar-refractivity contribution in [2.45, 2.75) is 70.3 Å². The summed E-state index contributed by atoms with van der Waals surface area (Å²) in [6.07, 6.45) is 9.09. The minimum absolute atomic E-state index is 0.371. The van der Waals surface area contributed by atoms with Crippen molar-refractivity contribution in [1.82, 2.24) is 5.32 Å². The van der Waals surface area contributed by atoms with Gasteiger partial charge in [-0.2, -0.15) is 0 Å². The molecule has 0 aromatic heterocycles. The Morgan fingerprint density at radius 3 is 3.00 bits per heavy atom. The van der Waals surface area contributed by atoms with Crippen LogP contribution in [0.25, 0.3) is 0 Å². The molecule has 3 unspecified atom stereocenters. The minimum Gasteiger partial charge on any atom is -0.493 e. The van der Waals surface area contributed by atoms with Gasteiger partial charge in [0.1, 0.15) is 5.75 Å². The topological polar surface area (TPSA) is 21.3 Å². The summed E-state index contributed by atoms with van der Waals surface area (Å²) in [6, 6.07) is 7.42. The highest BCUT2D eigenvalue weighted by molar-refractivity contribution is 5.51. The number of hydrogen-bond donors (Lipinski definition) is 1. The van der Waals surface area contributed by atoms with Crippen molar-refractivity contribution < 1.29 is 4.74 Å². The van der Waals surface area contributed by atoms with Crippen LogP contribution in [0.2, 0.25) is 0 Å². The molecule has 4 rings (SSSR count). The number of piperidine rings is 1. The lowest BCUT2D eigenvalue weighted by Crippen LogP contribution is -2.61. The SMILES string of the molecule is CCCOc1cccc2c1C13CCCC1(CC2)C(C)NCC3. The second-order valence-electron chi connectivity index (χ2n) is 7.66. The Hall–Kier alpha value is -1.02. The molecule has 22 heavy (non-hydrogen) atoms. The van der Waals surface area contributed by atoms with Gasteiger partial charge in [0.2, 0.25) is 0 Å². The number of aryl methyl sites for hydroxylation is 1. The molecule has 3 atom stereocenters. The molecule has 120 valence electrons. The first-order valence-corrected chi connectivity index (χ1v) is 9.22. The summed E-state index contributed by atoms with van der Waals surface area (Å²) in [7, 11) is 0. The van der Waals surface area contributed by atoms with Crippen molar-refractivity contribution in [2.24, 2.45) is 5.41 Å². The van der Waals surface area contributed by atoms with Crippen LogP contribution in [-0.4, -0.2) is 19.2 Å². The Morgan fingerprint density at radius 2 is 2.14 bits per heavy atom. The van der Waals surface area contributed by atoms with Gasteiger partial charge in [-0.25, -0.2) is 0 Å². The summed E-state index contributed by atoms with van der Waals surface area (Å²) in [4.78, 5) is 0. The molecule has 0 amide bonds. The van der Waals surface area contributed by atoms with E-state index in [1.807, 2.05) is 0 Å². The highest BCUT2D eigenvalue weighted by atomic mass is 16.5. The van der Waals surface area contributed by atoms with E-state index in [1.54, 1.807) is 11.1 Å². The van der Waals surface area contributed by atoms with Crippen LogP contribution in [0, 0.1) is 5.41 Å². The Balaban J connectivity index is 1.87. The molecule has 2 heteroatoms. The van der Waals surface area contributed by atoms with Gasteiger partial charge in [0, 0.05) is 17.0 Å². The largest absolute Gasteiger partial charge is 0.493 e. The first kappa shape index (κ1) is 14.6. The Morgan fingerprint density at radius 1 is 1.23 bits per heavy atom. The van der Waals surface area contributed by atoms with Crippen molar-refractivity contribution in [1.29, 1.82) is 0 Å². The molecule has 3 aliphatic rings. The van der Waals surface area contributed by atoms with Gasteiger partial charge in [0.05, 0.1) is 6.61 Å². The number of fused-ring (bicyclic) bond motifs is 1. The third-order valence-electron chi connectivity index (χ3n) is 6.90. The van der Waals surface area contributed by atoms with E-state index in [1.165, 1.54) is 44.3 Å². The van der Waals surface area contributed by atoms with Crippen LogP contribution in [0.4, 0.5) is 0 Å². The van der Waals surface area contributed by atoms with Crippen LogP contribution in [-0.2, 0) is 11.8 Å². The first-order chi connectivity index (χ1) is 10.7. The van der Waals surface area contributed by atoms with E-state index in [0.29, 0.717) is 16.9 Å². The molecule has 0 spiro atoms. The maximum atomic E-state index is 6.22. The third-order valence-corrected chi connectivity index (χ3v) is 6.90. The van der Waals surface area contributed by atoms with Crippen LogP contribution in [0.5, 0.6) is 5.75 Å². The Bertz CT molecular complexity index is 569. The van der Waals surface area contributed by atoms with E-state index in [-0.39, 0.29) is 0 Å². The van der Waals surface area contributed by atoms with E-state index in [2.05, 4.69) is 37.4 Å². The Labute approximate surface area is 134 Å². The summed E-state index contributed by atoms with van der Waals surface area (Å²) in [5, 5.41) is 3.79. The van der Waals surface area contributed by atoms with Crippen LogP contribution < -0.4 is 10.1 Å². The number of rotatable bonds is 3. The number of nitrogens with one attached hydrogen (secondary N) is 1. The van der Waals surface area contributed by atoms with Crippen LogP contribution in [0.15, 0.2) is 18.2 Å². The van der Waals surface area contributed by atoms with E-state index < -0.39 is 0 Å². The molecule has 0 radical (unpaired) electrons. The molecule has 1 heterocycles. The smallest absolute Gasteiger partial charge is 0.123 e. The summed E-state index contributed by atoms with van der Waals surface area (Å²) in [5.74, 6) is 1.19. The van der Waals surface area contributed by atoms with Crippen LogP contribution in [0.1, 0.15) is 63.5 Å². The summed E-state index contributed by atoms with van der Waals surface area (Å²) < 4.78 is 6.22. The zero-order valence-corrected chi connectivity index (χ0v) is 14.1. The number of benzene rings is 1. The lowest BCUT2D eigenvalue weighted by molar-refractivity contribution is 0.0366. The van der Waals surface area contributed by atoms with Crippen molar-refractivity contribution in [3.63, 3.8) is 0 Å². The number of hydrogen-bond acceptors (Lipinski definition) is 2. The molecule has 2 fully saturated rings.